The summed E-state index contributed by atoms with van der Waals surface area (Å²) in [4.78, 5) is 2.64. The van der Waals surface area contributed by atoms with E-state index in [-0.39, 0.29) is 0 Å². The van der Waals surface area contributed by atoms with Gasteiger partial charge in [-0.15, -0.1) is 11.6 Å². The molecule has 0 aliphatic carbocycles. The SMILES string of the molecule is ClCCC1CCCN(CCCCc2ccccc2)C1. The molecule has 0 spiro atoms. The van der Waals surface area contributed by atoms with Gasteiger partial charge >= 0.3 is 0 Å². The molecule has 0 bridgehead atoms. The zero-order chi connectivity index (χ0) is 13.3. The van der Waals surface area contributed by atoms with Gasteiger partial charge in [-0.2, -0.15) is 0 Å². The third-order valence-electron chi connectivity index (χ3n) is 4.15. The van der Waals surface area contributed by atoms with Gasteiger partial charge in [0, 0.05) is 12.4 Å². The maximum atomic E-state index is 5.86. The van der Waals surface area contributed by atoms with E-state index in [1.54, 1.807) is 0 Å². The highest BCUT2D eigenvalue weighted by molar-refractivity contribution is 6.17. The summed E-state index contributed by atoms with van der Waals surface area (Å²) in [5, 5.41) is 0. The Balaban J connectivity index is 1.60. The van der Waals surface area contributed by atoms with Gasteiger partial charge in [0.2, 0.25) is 0 Å². The molecule has 1 nitrogen and oxygen atoms in total. The summed E-state index contributed by atoms with van der Waals surface area (Å²) in [5.41, 5.74) is 1.47. The zero-order valence-electron chi connectivity index (χ0n) is 11.9. The Labute approximate surface area is 123 Å². The maximum Gasteiger partial charge on any atom is 0.0226 e. The van der Waals surface area contributed by atoms with Crippen molar-refractivity contribution in [1.29, 1.82) is 0 Å². The van der Waals surface area contributed by atoms with Crippen LogP contribution in [-0.2, 0) is 6.42 Å². The number of likely N-dealkylation sites (tertiary alicyclic amines) is 1. The molecule has 1 unspecified atom stereocenters. The predicted octanol–water partition coefficient (Wildman–Crippen LogP) is 4.35. The molecule has 2 heteroatoms. The molecule has 1 atom stereocenters. The average molecular weight is 280 g/mol. The quantitative estimate of drug-likeness (QED) is 0.530. The zero-order valence-corrected chi connectivity index (χ0v) is 12.6. The highest BCUT2D eigenvalue weighted by Gasteiger charge is 2.18. The standard InChI is InChI=1S/C17H26ClN/c18-12-11-17-10-6-14-19(15-17)13-5-4-9-16-7-2-1-3-8-16/h1-3,7-8,17H,4-6,9-15H2. The van der Waals surface area contributed by atoms with Crippen LogP contribution < -0.4 is 0 Å². The number of benzene rings is 1. The highest BCUT2D eigenvalue weighted by Crippen LogP contribution is 2.20. The number of halogens is 1. The number of rotatable bonds is 7. The largest absolute Gasteiger partial charge is 0.303 e. The molecule has 106 valence electrons. The molecular formula is C17H26ClN. The Bertz CT molecular complexity index is 336. The number of unbranched alkanes of at least 4 members (excludes halogenated alkanes) is 1. The van der Waals surface area contributed by atoms with Gasteiger partial charge in [-0.1, -0.05) is 30.3 Å². The van der Waals surface area contributed by atoms with Crippen molar-refractivity contribution in [3.8, 4) is 0 Å². The van der Waals surface area contributed by atoms with Crippen molar-refractivity contribution in [2.45, 2.75) is 38.5 Å². The van der Waals surface area contributed by atoms with Crippen molar-refractivity contribution in [2.75, 3.05) is 25.5 Å². The molecule has 0 aromatic heterocycles. The summed E-state index contributed by atoms with van der Waals surface area (Å²) in [6.45, 7) is 3.84. The van der Waals surface area contributed by atoms with Crippen molar-refractivity contribution < 1.29 is 0 Å². The van der Waals surface area contributed by atoms with E-state index in [0.29, 0.717) is 0 Å². The molecule has 1 aliphatic heterocycles. The Kier molecular flexibility index (Phi) is 6.73. The minimum Gasteiger partial charge on any atom is -0.303 e. The van der Waals surface area contributed by atoms with E-state index in [1.165, 1.54) is 63.7 Å². The van der Waals surface area contributed by atoms with Gasteiger partial charge in [-0.3, -0.25) is 0 Å². The number of alkyl halides is 1. The topological polar surface area (TPSA) is 3.24 Å². The van der Waals surface area contributed by atoms with Crippen LogP contribution in [0.15, 0.2) is 30.3 Å². The van der Waals surface area contributed by atoms with Crippen LogP contribution in [0.4, 0.5) is 0 Å². The number of hydrogen-bond acceptors (Lipinski definition) is 1. The van der Waals surface area contributed by atoms with E-state index in [9.17, 15) is 0 Å². The summed E-state index contributed by atoms with van der Waals surface area (Å²) in [7, 11) is 0. The first-order chi connectivity index (χ1) is 9.38. The molecule has 1 aromatic carbocycles. The van der Waals surface area contributed by atoms with Gasteiger partial charge in [0.15, 0.2) is 0 Å². The third-order valence-corrected chi connectivity index (χ3v) is 4.37. The molecule has 0 saturated carbocycles. The summed E-state index contributed by atoms with van der Waals surface area (Å²) in [6.07, 6.45) is 7.79. The van der Waals surface area contributed by atoms with Crippen molar-refractivity contribution >= 4 is 11.6 Å². The normalized spacial score (nSPS) is 20.6. The lowest BCUT2D eigenvalue weighted by Gasteiger charge is -2.32. The second kappa shape index (κ2) is 8.60. The molecule has 19 heavy (non-hydrogen) atoms. The molecule has 0 radical (unpaired) electrons. The fraction of sp³-hybridized carbons (Fsp3) is 0.647. The van der Waals surface area contributed by atoms with Crippen LogP contribution >= 0.6 is 11.6 Å². The summed E-state index contributed by atoms with van der Waals surface area (Å²) >= 11 is 5.86. The van der Waals surface area contributed by atoms with Crippen LogP contribution in [0.1, 0.15) is 37.7 Å². The smallest absolute Gasteiger partial charge is 0.0226 e. The van der Waals surface area contributed by atoms with Gasteiger partial charge < -0.3 is 4.90 Å². The van der Waals surface area contributed by atoms with E-state index in [4.69, 9.17) is 11.6 Å². The molecule has 0 amide bonds. The van der Waals surface area contributed by atoms with Gasteiger partial charge in [0.25, 0.3) is 0 Å². The monoisotopic (exact) mass is 279 g/mol. The van der Waals surface area contributed by atoms with Crippen molar-refractivity contribution in [1.82, 2.24) is 4.90 Å². The van der Waals surface area contributed by atoms with E-state index < -0.39 is 0 Å². The van der Waals surface area contributed by atoms with Gasteiger partial charge in [-0.05, 0) is 63.1 Å². The third kappa shape index (κ3) is 5.54. The molecular weight excluding hydrogens is 254 g/mol. The molecule has 1 aromatic rings. The van der Waals surface area contributed by atoms with Crippen molar-refractivity contribution in [2.24, 2.45) is 5.92 Å². The van der Waals surface area contributed by atoms with E-state index in [1.807, 2.05) is 0 Å². The first-order valence-electron chi connectivity index (χ1n) is 7.70. The fourth-order valence-corrected chi connectivity index (χ4v) is 3.36. The maximum absolute atomic E-state index is 5.86. The summed E-state index contributed by atoms with van der Waals surface area (Å²) in [5.74, 6) is 1.67. The van der Waals surface area contributed by atoms with Crippen molar-refractivity contribution in [3.05, 3.63) is 35.9 Å². The second-order valence-corrected chi connectivity index (χ2v) is 6.11. The first-order valence-corrected chi connectivity index (χ1v) is 8.24. The number of nitrogens with zero attached hydrogens (tertiary/aromatic N) is 1. The number of aryl methyl sites for hydroxylation is 1. The Hall–Kier alpha value is -0.530. The highest BCUT2D eigenvalue weighted by atomic mass is 35.5. The van der Waals surface area contributed by atoms with E-state index in [0.717, 1.165) is 11.8 Å². The fourth-order valence-electron chi connectivity index (χ4n) is 3.05. The van der Waals surface area contributed by atoms with E-state index >= 15 is 0 Å². The lowest BCUT2D eigenvalue weighted by atomic mass is 9.95. The summed E-state index contributed by atoms with van der Waals surface area (Å²) in [6, 6.07) is 10.8. The van der Waals surface area contributed by atoms with Crippen LogP contribution in [0, 0.1) is 5.92 Å². The van der Waals surface area contributed by atoms with Crippen LogP contribution in [-0.4, -0.2) is 30.4 Å². The second-order valence-electron chi connectivity index (χ2n) is 5.73. The van der Waals surface area contributed by atoms with Gasteiger partial charge in [0.05, 0.1) is 0 Å². The number of piperidine rings is 1. The Morgan fingerprint density at radius 3 is 2.79 bits per heavy atom. The van der Waals surface area contributed by atoms with Crippen LogP contribution in [0.5, 0.6) is 0 Å². The molecule has 2 rings (SSSR count). The predicted molar refractivity (Wildman–Crippen MR) is 83.9 cm³/mol. The van der Waals surface area contributed by atoms with Crippen molar-refractivity contribution in [3.63, 3.8) is 0 Å². The molecule has 1 fully saturated rings. The van der Waals surface area contributed by atoms with Gasteiger partial charge in [-0.25, -0.2) is 0 Å². The molecule has 1 aliphatic rings. The summed E-state index contributed by atoms with van der Waals surface area (Å²) < 4.78 is 0. The minimum atomic E-state index is 0.826. The average Bonchev–Trinajstić information content (AvgIpc) is 2.46. The molecule has 0 N–H and O–H groups in total. The number of hydrogen-bond donors (Lipinski definition) is 0. The van der Waals surface area contributed by atoms with Crippen LogP contribution in [0.3, 0.4) is 0 Å². The van der Waals surface area contributed by atoms with Gasteiger partial charge in [0.1, 0.15) is 0 Å². The molecule has 1 saturated heterocycles. The Morgan fingerprint density at radius 1 is 1.16 bits per heavy atom. The molecule has 1 heterocycles. The van der Waals surface area contributed by atoms with Crippen LogP contribution in [0.2, 0.25) is 0 Å². The minimum absolute atomic E-state index is 0.826. The Morgan fingerprint density at radius 2 is 2.00 bits per heavy atom. The van der Waals surface area contributed by atoms with Crippen LogP contribution in [0.25, 0.3) is 0 Å². The van der Waals surface area contributed by atoms with E-state index in [2.05, 4.69) is 35.2 Å². The first kappa shape index (κ1) is 14.9. The lowest BCUT2D eigenvalue weighted by molar-refractivity contribution is 0.170. The lowest BCUT2D eigenvalue weighted by Crippen LogP contribution is -2.36.